The van der Waals surface area contributed by atoms with Gasteiger partial charge >= 0.3 is 0 Å². The summed E-state index contributed by atoms with van der Waals surface area (Å²) in [6.07, 6.45) is 4.74. The molecule has 2 N–H and O–H groups in total. The first-order valence-electron chi connectivity index (χ1n) is 8.44. The number of hydrogen-bond acceptors (Lipinski definition) is 4. The topological polar surface area (TPSA) is 72.7 Å². The van der Waals surface area contributed by atoms with Gasteiger partial charge in [-0.25, -0.2) is 0 Å². The largest absolute Gasteiger partial charge is 0.491 e. The van der Waals surface area contributed by atoms with Gasteiger partial charge in [-0.2, -0.15) is 5.10 Å². The second kappa shape index (κ2) is 13.4. The number of aryl methyl sites for hydroxylation is 1. The highest BCUT2D eigenvalue weighted by Crippen LogP contribution is 2.11. The number of guanidine groups is 1. The summed E-state index contributed by atoms with van der Waals surface area (Å²) in [4.78, 5) is 4.24. The van der Waals surface area contributed by atoms with Crippen molar-refractivity contribution in [3.05, 3.63) is 48.3 Å². The van der Waals surface area contributed by atoms with E-state index in [1.54, 1.807) is 20.4 Å². The van der Waals surface area contributed by atoms with Gasteiger partial charge in [0.25, 0.3) is 0 Å². The quantitative estimate of drug-likeness (QED) is 0.240. The van der Waals surface area contributed by atoms with Crippen LogP contribution in [0.3, 0.4) is 0 Å². The van der Waals surface area contributed by atoms with Crippen molar-refractivity contribution in [3.8, 4) is 5.75 Å². The lowest BCUT2D eigenvalue weighted by atomic mass is 10.2. The van der Waals surface area contributed by atoms with Gasteiger partial charge in [0, 0.05) is 46.2 Å². The summed E-state index contributed by atoms with van der Waals surface area (Å²) in [6, 6.07) is 9.95. The molecule has 0 aliphatic rings. The number of halogens is 1. The first-order chi connectivity index (χ1) is 12.3. The molecule has 0 bridgehead atoms. The van der Waals surface area contributed by atoms with E-state index in [9.17, 15) is 0 Å². The van der Waals surface area contributed by atoms with Crippen LogP contribution in [0.1, 0.15) is 12.0 Å². The van der Waals surface area contributed by atoms with Crippen molar-refractivity contribution in [1.82, 2.24) is 20.4 Å². The van der Waals surface area contributed by atoms with Gasteiger partial charge in [0.05, 0.1) is 6.61 Å². The molecule has 0 aliphatic carbocycles. The highest BCUT2D eigenvalue weighted by molar-refractivity contribution is 14.0. The zero-order valence-corrected chi connectivity index (χ0v) is 17.7. The third kappa shape index (κ3) is 8.52. The maximum absolute atomic E-state index is 5.56. The van der Waals surface area contributed by atoms with Crippen molar-refractivity contribution in [2.24, 2.45) is 4.99 Å². The van der Waals surface area contributed by atoms with Crippen molar-refractivity contribution in [2.45, 2.75) is 19.5 Å². The minimum Gasteiger partial charge on any atom is -0.491 e. The van der Waals surface area contributed by atoms with Crippen molar-refractivity contribution in [2.75, 3.05) is 33.9 Å². The maximum atomic E-state index is 5.56. The third-order valence-electron chi connectivity index (χ3n) is 3.58. The molecule has 8 heteroatoms. The van der Waals surface area contributed by atoms with Crippen molar-refractivity contribution >= 4 is 29.9 Å². The molecule has 0 unspecified atom stereocenters. The van der Waals surface area contributed by atoms with Crippen molar-refractivity contribution in [3.63, 3.8) is 0 Å². The molecule has 0 amide bonds. The van der Waals surface area contributed by atoms with Gasteiger partial charge in [0.15, 0.2) is 5.96 Å². The van der Waals surface area contributed by atoms with Gasteiger partial charge in [0.1, 0.15) is 12.4 Å². The van der Waals surface area contributed by atoms with Crippen molar-refractivity contribution in [1.29, 1.82) is 0 Å². The third-order valence-corrected chi connectivity index (χ3v) is 3.58. The fourth-order valence-corrected chi connectivity index (χ4v) is 2.23. The number of ether oxygens (including phenoxy) is 2. The van der Waals surface area contributed by atoms with Crippen molar-refractivity contribution < 1.29 is 9.47 Å². The zero-order chi connectivity index (χ0) is 17.7. The fraction of sp³-hybridized carbons (Fsp3) is 0.444. The first-order valence-corrected chi connectivity index (χ1v) is 8.44. The average Bonchev–Trinajstić information content (AvgIpc) is 3.16. The van der Waals surface area contributed by atoms with Gasteiger partial charge in [-0.15, -0.1) is 24.0 Å². The molecule has 0 atom stereocenters. The van der Waals surface area contributed by atoms with Gasteiger partial charge < -0.3 is 20.1 Å². The van der Waals surface area contributed by atoms with Gasteiger partial charge in [-0.05, 0) is 30.2 Å². The molecule has 2 rings (SSSR count). The lowest BCUT2D eigenvalue weighted by Gasteiger charge is -2.12. The minimum absolute atomic E-state index is 0. The van der Waals surface area contributed by atoms with Crippen LogP contribution in [0.4, 0.5) is 0 Å². The van der Waals surface area contributed by atoms with Crippen LogP contribution in [0.25, 0.3) is 0 Å². The van der Waals surface area contributed by atoms with E-state index >= 15 is 0 Å². The Hall–Kier alpha value is -1.81. The van der Waals surface area contributed by atoms with Gasteiger partial charge in [-0.1, -0.05) is 12.1 Å². The second-order valence-electron chi connectivity index (χ2n) is 5.46. The van der Waals surface area contributed by atoms with E-state index < -0.39 is 0 Å². The van der Waals surface area contributed by atoms with Crippen LogP contribution in [-0.4, -0.2) is 49.7 Å². The molecule has 26 heavy (non-hydrogen) atoms. The lowest BCUT2D eigenvalue weighted by Crippen LogP contribution is -2.37. The fourth-order valence-electron chi connectivity index (χ4n) is 2.23. The standard InChI is InChI=1S/C18H27N5O2.HI/c1-19-18(20-9-3-11-23-12-4-10-22-23)21-15-16-5-7-17(8-6-16)25-14-13-24-2;/h4-8,10,12H,3,9,11,13-15H2,1-2H3,(H2,19,20,21);1H. The van der Waals surface area contributed by atoms with E-state index in [0.29, 0.717) is 19.8 Å². The summed E-state index contributed by atoms with van der Waals surface area (Å²) >= 11 is 0. The van der Waals surface area contributed by atoms with E-state index in [-0.39, 0.29) is 24.0 Å². The Morgan fingerprint density at radius 1 is 1.19 bits per heavy atom. The molecular weight excluding hydrogens is 445 g/mol. The number of benzene rings is 1. The number of aliphatic imine (C=N–C) groups is 1. The molecule has 144 valence electrons. The molecule has 1 aromatic heterocycles. The Morgan fingerprint density at radius 3 is 2.65 bits per heavy atom. The molecule has 0 saturated carbocycles. The SMILES string of the molecule is CN=C(NCCCn1cccn1)NCc1ccc(OCCOC)cc1.I. The Balaban J connectivity index is 0.00000338. The summed E-state index contributed by atoms with van der Waals surface area (Å²) in [5.74, 6) is 1.64. The molecule has 0 radical (unpaired) electrons. The Morgan fingerprint density at radius 2 is 2.00 bits per heavy atom. The number of nitrogens with zero attached hydrogens (tertiary/aromatic N) is 3. The summed E-state index contributed by atoms with van der Waals surface area (Å²) in [5, 5.41) is 10.8. The normalized spacial score (nSPS) is 10.9. The molecule has 0 spiro atoms. The first kappa shape index (κ1) is 22.2. The van der Waals surface area contributed by atoms with E-state index in [1.165, 1.54) is 5.56 Å². The van der Waals surface area contributed by atoms with Crippen LogP contribution in [0, 0.1) is 0 Å². The molecule has 1 aromatic carbocycles. The number of rotatable bonds is 10. The summed E-state index contributed by atoms with van der Waals surface area (Å²) in [6.45, 7) is 3.58. The molecule has 0 fully saturated rings. The van der Waals surface area contributed by atoms with E-state index in [0.717, 1.165) is 31.2 Å². The number of aromatic nitrogens is 2. The Bertz CT molecular complexity index is 617. The van der Waals surface area contributed by atoms with E-state index in [4.69, 9.17) is 9.47 Å². The highest BCUT2D eigenvalue weighted by atomic mass is 127. The molecule has 0 aliphatic heterocycles. The summed E-state index contributed by atoms with van der Waals surface area (Å²) in [5.41, 5.74) is 1.17. The molecule has 1 heterocycles. The van der Waals surface area contributed by atoms with Gasteiger partial charge in [-0.3, -0.25) is 9.67 Å². The zero-order valence-electron chi connectivity index (χ0n) is 15.4. The second-order valence-corrected chi connectivity index (χ2v) is 5.46. The molecule has 0 saturated heterocycles. The van der Waals surface area contributed by atoms with Crippen LogP contribution < -0.4 is 15.4 Å². The Labute approximate surface area is 172 Å². The maximum Gasteiger partial charge on any atom is 0.191 e. The summed E-state index contributed by atoms with van der Waals surface area (Å²) in [7, 11) is 3.44. The number of hydrogen-bond donors (Lipinski definition) is 2. The Kier molecular flexibility index (Phi) is 11.5. The minimum atomic E-state index is 0. The predicted molar refractivity (Wildman–Crippen MR) is 114 cm³/mol. The van der Waals surface area contributed by atoms with Crippen LogP contribution in [0.5, 0.6) is 5.75 Å². The highest BCUT2D eigenvalue weighted by Gasteiger charge is 2.00. The number of methoxy groups -OCH3 is 1. The monoisotopic (exact) mass is 473 g/mol. The van der Waals surface area contributed by atoms with Crippen LogP contribution >= 0.6 is 24.0 Å². The van der Waals surface area contributed by atoms with Crippen LogP contribution in [0.2, 0.25) is 0 Å². The molecule has 7 nitrogen and oxygen atoms in total. The smallest absolute Gasteiger partial charge is 0.191 e. The van der Waals surface area contributed by atoms with Gasteiger partial charge in [0.2, 0.25) is 0 Å². The molecule has 2 aromatic rings. The van der Waals surface area contributed by atoms with Crippen LogP contribution in [0.15, 0.2) is 47.7 Å². The predicted octanol–water partition coefficient (Wildman–Crippen LogP) is 2.28. The average molecular weight is 473 g/mol. The lowest BCUT2D eigenvalue weighted by molar-refractivity contribution is 0.146. The van der Waals surface area contributed by atoms with Crippen LogP contribution in [-0.2, 0) is 17.8 Å². The number of nitrogens with one attached hydrogen (secondary N) is 2. The van der Waals surface area contributed by atoms with E-state index in [2.05, 4.69) is 20.7 Å². The summed E-state index contributed by atoms with van der Waals surface area (Å²) < 4.78 is 12.4. The molecular formula is C18H28IN5O2. The van der Waals surface area contributed by atoms with E-state index in [1.807, 2.05) is 41.2 Å².